The molecule has 0 saturated heterocycles. The van der Waals surface area contributed by atoms with Gasteiger partial charge in [0.05, 0.1) is 0 Å². The van der Waals surface area contributed by atoms with Gasteiger partial charge in [0, 0.05) is 33.3 Å². The van der Waals surface area contributed by atoms with Crippen LogP contribution in [0.2, 0.25) is 0 Å². The van der Waals surface area contributed by atoms with Gasteiger partial charge in [-0.05, 0) is 0 Å². The van der Waals surface area contributed by atoms with Crippen LogP contribution >= 0.6 is 0 Å². The van der Waals surface area contributed by atoms with E-state index >= 15 is 0 Å². The minimum absolute atomic E-state index is 0. The van der Waals surface area contributed by atoms with Crippen LogP contribution in [0.5, 0.6) is 0 Å². The summed E-state index contributed by atoms with van der Waals surface area (Å²) in [5, 5.41) is 13.9. The molecule has 0 atom stereocenters. The molecular weight excluding hydrogens is 179 g/mol. The molecule has 2 nitrogen and oxygen atoms in total. The van der Waals surface area contributed by atoms with Crippen LogP contribution in [0.4, 0.5) is 4.32 Å². The van der Waals surface area contributed by atoms with Gasteiger partial charge in [0.2, 0.25) is 0 Å². The fraction of sp³-hybridized carbons (Fsp3) is 0. The van der Waals surface area contributed by atoms with Crippen molar-refractivity contribution < 1.29 is 47.6 Å². The SMILES string of the molecule is OB(O)F.[Co].[Ni]. The molecule has 0 spiro atoms. The zero-order chi connectivity index (χ0) is 3.58. The molecule has 0 fully saturated rings. The zero-order valence-corrected chi connectivity index (χ0v) is 4.53. The van der Waals surface area contributed by atoms with Gasteiger partial charge < -0.3 is 10.0 Å². The van der Waals surface area contributed by atoms with Gasteiger partial charge in [-0.2, -0.15) is 0 Å². The van der Waals surface area contributed by atoms with Gasteiger partial charge in [0.1, 0.15) is 0 Å². The fourth-order valence-corrected chi connectivity index (χ4v) is 0. The Morgan fingerprint density at radius 2 is 1.33 bits per heavy atom. The zero-order valence-electron chi connectivity index (χ0n) is 2.50. The molecule has 0 aliphatic heterocycles. The van der Waals surface area contributed by atoms with Crippen LogP contribution in [0.25, 0.3) is 0 Å². The van der Waals surface area contributed by atoms with E-state index < -0.39 is 7.40 Å². The van der Waals surface area contributed by atoms with E-state index in [-0.39, 0.29) is 33.3 Å². The summed E-state index contributed by atoms with van der Waals surface area (Å²) in [5.74, 6) is 0. The monoisotopic (exact) mass is 181 g/mol. The molecule has 1 radical (unpaired) electrons. The van der Waals surface area contributed by atoms with Crippen LogP contribution in [-0.4, -0.2) is 17.4 Å². The second kappa shape index (κ2) is 9.32. The summed E-state index contributed by atoms with van der Waals surface area (Å²) in [6.07, 6.45) is 0. The van der Waals surface area contributed by atoms with Gasteiger partial charge in [-0.15, -0.1) is 0 Å². The van der Waals surface area contributed by atoms with Crippen molar-refractivity contribution in [2.45, 2.75) is 0 Å². The molecule has 0 aromatic rings. The van der Waals surface area contributed by atoms with Crippen molar-refractivity contribution in [2.24, 2.45) is 0 Å². The number of hydrogen-bond donors (Lipinski definition) is 2. The summed E-state index contributed by atoms with van der Waals surface area (Å²) >= 11 is 0. The fourth-order valence-electron chi connectivity index (χ4n) is 0. The molecule has 6 heavy (non-hydrogen) atoms. The van der Waals surface area contributed by atoms with Crippen LogP contribution in [0.3, 0.4) is 0 Å². The summed E-state index contributed by atoms with van der Waals surface area (Å²) in [5.41, 5.74) is 0. The quantitative estimate of drug-likeness (QED) is 0.467. The Labute approximate surface area is 55.4 Å². The molecule has 0 aliphatic carbocycles. The Morgan fingerprint density at radius 1 is 1.33 bits per heavy atom. The maximum absolute atomic E-state index is 10.1. The molecule has 43 valence electrons. The molecule has 0 saturated carbocycles. The van der Waals surface area contributed by atoms with Crippen LogP contribution in [-0.2, 0) is 33.3 Å². The van der Waals surface area contributed by atoms with Crippen molar-refractivity contribution in [3.63, 3.8) is 0 Å². The van der Waals surface area contributed by atoms with Crippen molar-refractivity contribution in [1.82, 2.24) is 0 Å². The summed E-state index contributed by atoms with van der Waals surface area (Å²) in [6.45, 7) is 0. The Bertz CT molecular complexity index is 18.3. The van der Waals surface area contributed by atoms with Gasteiger partial charge in [0.15, 0.2) is 0 Å². The van der Waals surface area contributed by atoms with E-state index in [0.29, 0.717) is 0 Å². The Balaban J connectivity index is -0.0000000450. The van der Waals surface area contributed by atoms with Gasteiger partial charge >= 0.3 is 7.40 Å². The van der Waals surface area contributed by atoms with Gasteiger partial charge in [-0.1, -0.05) is 0 Å². The maximum atomic E-state index is 10.1. The van der Waals surface area contributed by atoms with Crippen LogP contribution in [0.1, 0.15) is 0 Å². The summed E-state index contributed by atoms with van der Waals surface area (Å²) in [6, 6.07) is 0. The molecule has 0 amide bonds. The Kier molecular flexibility index (Phi) is 24.5. The predicted molar refractivity (Wildman–Crippen MR) is 11.3 cm³/mol. The number of hydrogen-bond acceptors (Lipinski definition) is 2. The first-order valence-electron chi connectivity index (χ1n) is 0.735. The average molecular weight is 181 g/mol. The van der Waals surface area contributed by atoms with Crippen LogP contribution in [0, 0.1) is 0 Å². The van der Waals surface area contributed by atoms with E-state index in [9.17, 15) is 4.32 Å². The van der Waals surface area contributed by atoms with Crippen LogP contribution < -0.4 is 0 Å². The van der Waals surface area contributed by atoms with Gasteiger partial charge in [0.25, 0.3) is 0 Å². The molecule has 0 rings (SSSR count). The first kappa shape index (κ1) is 15.8. The van der Waals surface area contributed by atoms with E-state index in [1.807, 2.05) is 0 Å². The third kappa shape index (κ3) is 90.0. The second-order valence-electron chi connectivity index (χ2n) is 0.311. The molecule has 0 aromatic carbocycles. The van der Waals surface area contributed by atoms with Crippen molar-refractivity contribution in [3.05, 3.63) is 0 Å². The molecule has 0 heterocycles. The van der Waals surface area contributed by atoms with E-state index in [4.69, 9.17) is 10.0 Å². The van der Waals surface area contributed by atoms with Gasteiger partial charge in [-0.25, -0.2) is 0 Å². The van der Waals surface area contributed by atoms with Crippen molar-refractivity contribution in [2.75, 3.05) is 0 Å². The van der Waals surface area contributed by atoms with E-state index in [0.717, 1.165) is 0 Å². The first-order chi connectivity index (χ1) is 1.73. The predicted octanol–water partition coefficient (Wildman–Crippen LogP) is -1.08. The molecule has 0 bridgehead atoms. The molecule has 0 aromatic heterocycles. The van der Waals surface area contributed by atoms with E-state index in [1.165, 1.54) is 0 Å². The van der Waals surface area contributed by atoms with Gasteiger partial charge in [-0.3, -0.25) is 4.32 Å². The third-order valence-corrected chi connectivity index (χ3v) is 0. The standard InChI is InChI=1S/BFH2O2.Co.Ni/c2-1(3)4;;/h3-4H;;. The van der Waals surface area contributed by atoms with Crippen molar-refractivity contribution >= 4 is 7.40 Å². The topological polar surface area (TPSA) is 40.5 Å². The Morgan fingerprint density at radius 3 is 1.33 bits per heavy atom. The minimum Gasteiger partial charge on any atom is -0.398 e. The smallest absolute Gasteiger partial charge is 0.398 e. The summed E-state index contributed by atoms with van der Waals surface area (Å²) in [7, 11) is -2.67. The van der Waals surface area contributed by atoms with Crippen molar-refractivity contribution in [3.8, 4) is 0 Å². The molecule has 2 N–H and O–H groups in total. The largest absolute Gasteiger partial charge is 0.674 e. The average Bonchev–Trinajstić information content (AvgIpc) is 0.811. The molecule has 0 aliphatic rings. The minimum atomic E-state index is -2.67. The van der Waals surface area contributed by atoms with E-state index in [1.54, 1.807) is 0 Å². The Hall–Kier alpha value is 0.915. The summed E-state index contributed by atoms with van der Waals surface area (Å²) < 4.78 is 10.1. The molecule has 0 unspecified atom stereocenters. The maximum Gasteiger partial charge on any atom is 0.674 e. The molecule has 6 heteroatoms. The summed E-state index contributed by atoms with van der Waals surface area (Å²) in [4.78, 5) is 0. The van der Waals surface area contributed by atoms with E-state index in [2.05, 4.69) is 0 Å². The van der Waals surface area contributed by atoms with Crippen molar-refractivity contribution in [1.29, 1.82) is 0 Å². The third-order valence-electron chi connectivity index (χ3n) is 0. The first-order valence-corrected chi connectivity index (χ1v) is 0.735. The normalized spacial score (nSPS) is 4.50. The second-order valence-corrected chi connectivity index (χ2v) is 0.311. The number of halogens is 1. The molecular formula is H2BCoFNiO2. The number of rotatable bonds is 0. The van der Waals surface area contributed by atoms with Crippen LogP contribution in [0.15, 0.2) is 0 Å².